The van der Waals surface area contributed by atoms with Crippen molar-refractivity contribution in [2.45, 2.75) is 36.8 Å². The molecule has 0 aliphatic heterocycles. The Morgan fingerprint density at radius 3 is 2.23 bits per heavy atom. The van der Waals surface area contributed by atoms with Crippen molar-refractivity contribution in [2.24, 2.45) is 0 Å². The molecule has 4 heteroatoms. The van der Waals surface area contributed by atoms with E-state index >= 15 is 0 Å². The number of rotatable bonds is 8. The Labute approximate surface area is 155 Å². The smallest absolute Gasteiger partial charge is 0.235 e. The van der Waals surface area contributed by atoms with Crippen LogP contribution < -0.4 is 5.32 Å². The van der Waals surface area contributed by atoms with E-state index in [0.29, 0.717) is 19.0 Å². The number of nitrogens with zero attached hydrogens (tertiary/aromatic N) is 1. The molecule has 0 bridgehead atoms. The molecule has 1 amide bonds. The van der Waals surface area contributed by atoms with Gasteiger partial charge >= 0.3 is 0 Å². The molecule has 0 heterocycles. The lowest BCUT2D eigenvalue weighted by molar-refractivity contribution is -0.140. The average Bonchev–Trinajstić information content (AvgIpc) is 3.50. The molecule has 3 rings (SSSR count). The number of nitrogens with one attached hydrogen (secondary N) is 1. The normalized spacial score (nSPS) is 17.3. The van der Waals surface area contributed by atoms with Crippen LogP contribution in [-0.2, 0) is 10.2 Å². The zero-order valence-electron chi connectivity index (χ0n) is 15.6. The Bertz CT molecular complexity index is 713. The Balaban J connectivity index is 2.04. The molecule has 2 unspecified atom stereocenters. The summed E-state index contributed by atoms with van der Waals surface area (Å²) >= 11 is 0. The molecule has 0 spiro atoms. The maximum atomic E-state index is 13.4. The Hall–Kier alpha value is -2.17. The van der Waals surface area contributed by atoms with Crippen LogP contribution in [0.1, 0.15) is 36.5 Å². The van der Waals surface area contributed by atoms with Gasteiger partial charge in [0.2, 0.25) is 5.91 Å². The predicted octanol–water partition coefficient (Wildman–Crippen LogP) is 2.89. The molecule has 2 N–H and O–H groups in total. The average molecular weight is 352 g/mol. The monoisotopic (exact) mass is 352 g/mol. The maximum absolute atomic E-state index is 13.4. The van der Waals surface area contributed by atoms with E-state index in [2.05, 4.69) is 5.32 Å². The molecule has 0 saturated heterocycles. The third-order valence-electron chi connectivity index (χ3n) is 5.19. The minimum atomic E-state index is -1.02. The van der Waals surface area contributed by atoms with Gasteiger partial charge in [-0.05, 0) is 36.9 Å². The second kappa shape index (κ2) is 8.02. The fourth-order valence-corrected chi connectivity index (χ4v) is 3.60. The zero-order valence-corrected chi connectivity index (χ0v) is 15.6. The van der Waals surface area contributed by atoms with Crippen LogP contribution >= 0.6 is 0 Å². The van der Waals surface area contributed by atoms with Gasteiger partial charge in [-0.3, -0.25) is 4.79 Å². The highest BCUT2D eigenvalue weighted by Crippen LogP contribution is 2.42. The lowest BCUT2D eigenvalue weighted by atomic mass is 9.69. The summed E-state index contributed by atoms with van der Waals surface area (Å²) in [6.45, 7) is 0.697. The first-order valence-electron chi connectivity index (χ1n) is 9.29. The number of amides is 1. The first kappa shape index (κ1) is 18.6. The number of carbonyl (C=O) groups excluding carboxylic acids is 1. The van der Waals surface area contributed by atoms with E-state index in [0.717, 1.165) is 11.1 Å². The van der Waals surface area contributed by atoms with Crippen LogP contribution in [0.3, 0.4) is 0 Å². The summed E-state index contributed by atoms with van der Waals surface area (Å²) in [7, 11) is 3.51. The molecule has 1 fully saturated rings. The highest BCUT2D eigenvalue weighted by atomic mass is 16.3. The van der Waals surface area contributed by atoms with Gasteiger partial charge in [0.1, 0.15) is 5.41 Å². The van der Waals surface area contributed by atoms with Crippen LogP contribution in [0.25, 0.3) is 0 Å². The summed E-state index contributed by atoms with van der Waals surface area (Å²) in [5.74, 6) is -0.0716. The van der Waals surface area contributed by atoms with Gasteiger partial charge in [-0.15, -0.1) is 0 Å². The fraction of sp³-hybridized carbons (Fsp3) is 0.409. The largest absolute Gasteiger partial charge is 0.387 e. The SMILES string of the molecule is CN(C)C(=O)C(CCNC1CC1)(c1ccccc1)C(O)c1ccccc1. The van der Waals surface area contributed by atoms with Crippen molar-refractivity contribution < 1.29 is 9.90 Å². The Morgan fingerprint density at radius 2 is 1.69 bits per heavy atom. The molecular weight excluding hydrogens is 324 g/mol. The quantitative estimate of drug-likeness (QED) is 0.768. The van der Waals surface area contributed by atoms with Gasteiger partial charge in [-0.25, -0.2) is 0 Å². The molecule has 1 aliphatic carbocycles. The van der Waals surface area contributed by atoms with Crippen LogP contribution in [-0.4, -0.2) is 42.6 Å². The summed E-state index contributed by atoms with van der Waals surface area (Å²) in [4.78, 5) is 15.0. The van der Waals surface area contributed by atoms with Crippen LogP contribution in [0.2, 0.25) is 0 Å². The van der Waals surface area contributed by atoms with Gasteiger partial charge in [-0.1, -0.05) is 60.7 Å². The summed E-state index contributed by atoms with van der Waals surface area (Å²) in [5, 5.41) is 14.9. The number of hydrogen-bond acceptors (Lipinski definition) is 3. The van der Waals surface area contributed by atoms with Gasteiger partial charge in [0.15, 0.2) is 0 Å². The van der Waals surface area contributed by atoms with Crippen LogP contribution in [0.15, 0.2) is 60.7 Å². The molecule has 2 aromatic rings. The molecule has 0 radical (unpaired) electrons. The molecule has 4 nitrogen and oxygen atoms in total. The van der Waals surface area contributed by atoms with E-state index in [4.69, 9.17) is 0 Å². The highest BCUT2D eigenvalue weighted by Gasteiger charge is 2.48. The third kappa shape index (κ3) is 3.81. The standard InChI is InChI=1S/C22H28N2O2/c1-24(2)21(26)22(15-16-23-19-13-14-19,18-11-7-4-8-12-18)20(25)17-9-5-3-6-10-17/h3-12,19-20,23,25H,13-16H2,1-2H3. The lowest BCUT2D eigenvalue weighted by Gasteiger charge is -2.39. The molecule has 138 valence electrons. The van der Waals surface area contributed by atoms with E-state index in [1.165, 1.54) is 12.8 Å². The van der Waals surface area contributed by atoms with Crippen molar-refractivity contribution in [3.05, 3.63) is 71.8 Å². The van der Waals surface area contributed by atoms with E-state index in [1.807, 2.05) is 60.7 Å². The number of aliphatic hydroxyl groups is 1. The van der Waals surface area contributed by atoms with Crippen molar-refractivity contribution in [1.29, 1.82) is 0 Å². The van der Waals surface area contributed by atoms with Gasteiger partial charge < -0.3 is 15.3 Å². The first-order chi connectivity index (χ1) is 12.6. The second-order valence-corrected chi connectivity index (χ2v) is 7.33. The van der Waals surface area contributed by atoms with Gasteiger partial charge in [-0.2, -0.15) is 0 Å². The van der Waals surface area contributed by atoms with E-state index in [-0.39, 0.29) is 5.91 Å². The predicted molar refractivity (Wildman–Crippen MR) is 104 cm³/mol. The van der Waals surface area contributed by atoms with Crippen molar-refractivity contribution in [3.63, 3.8) is 0 Å². The fourth-order valence-electron chi connectivity index (χ4n) is 3.60. The van der Waals surface area contributed by atoms with E-state index < -0.39 is 11.5 Å². The minimum absolute atomic E-state index is 0.0716. The zero-order chi connectivity index (χ0) is 18.6. The molecular formula is C22H28N2O2. The Kier molecular flexibility index (Phi) is 5.74. The third-order valence-corrected chi connectivity index (χ3v) is 5.19. The van der Waals surface area contributed by atoms with E-state index in [1.54, 1.807) is 19.0 Å². The number of carbonyl (C=O) groups is 1. The van der Waals surface area contributed by atoms with Gasteiger partial charge in [0.25, 0.3) is 0 Å². The van der Waals surface area contributed by atoms with Crippen LogP contribution in [0, 0.1) is 0 Å². The number of aliphatic hydroxyl groups excluding tert-OH is 1. The van der Waals surface area contributed by atoms with Crippen molar-refractivity contribution in [2.75, 3.05) is 20.6 Å². The summed E-state index contributed by atoms with van der Waals surface area (Å²) in [6.07, 6.45) is 2.02. The number of benzene rings is 2. The summed E-state index contributed by atoms with van der Waals surface area (Å²) in [6, 6.07) is 19.8. The molecule has 1 aliphatic rings. The summed E-state index contributed by atoms with van der Waals surface area (Å²) in [5.41, 5.74) is 0.596. The minimum Gasteiger partial charge on any atom is -0.387 e. The van der Waals surface area contributed by atoms with Crippen molar-refractivity contribution >= 4 is 5.91 Å². The molecule has 0 aromatic heterocycles. The molecule has 26 heavy (non-hydrogen) atoms. The van der Waals surface area contributed by atoms with Crippen molar-refractivity contribution in [1.82, 2.24) is 10.2 Å². The molecule has 2 aromatic carbocycles. The highest BCUT2D eigenvalue weighted by molar-refractivity contribution is 5.89. The molecule has 1 saturated carbocycles. The lowest BCUT2D eigenvalue weighted by Crippen LogP contribution is -2.49. The second-order valence-electron chi connectivity index (χ2n) is 7.33. The Morgan fingerprint density at radius 1 is 1.12 bits per heavy atom. The maximum Gasteiger partial charge on any atom is 0.235 e. The summed E-state index contributed by atoms with van der Waals surface area (Å²) < 4.78 is 0. The van der Waals surface area contributed by atoms with E-state index in [9.17, 15) is 9.90 Å². The van der Waals surface area contributed by atoms with Gasteiger partial charge in [0, 0.05) is 20.1 Å². The van der Waals surface area contributed by atoms with Crippen molar-refractivity contribution in [3.8, 4) is 0 Å². The van der Waals surface area contributed by atoms with Gasteiger partial charge in [0.05, 0.1) is 6.10 Å². The van der Waals surface area contributed by atoms with Crippen LogP contribution in [0.5, 0.6) is 0 Å². The molecule has 2 atom stereocenters. The first-order valence-corrected chi connectivity index (χ1v) is 9.29. The number of hydrogen-bond donors (Lipinski definition) is 2. The van der Waals surface area contributed by atoms with Crippen LogP contribution in [0.4, 0.5) is 0 Å². The number of likely N-dealkylation sites (N-methyl/N-ethyl adjacent to an activating group) is 1. The topological polar surface area (TPSA) is 52.6 Å².